The van der Waals surface area contributed by atoms with E-state index in [0.29, 0.717) is 19.3 Å². The first-order chi connectivity index (χ1) is 40.5. The Bertz CT molecular complexity index is 1280. The molecule has 0 aromatic carbocycles. The van der Waals surface area contributed by atoms with Gasteiger partial charge < -0.3 is 14.2 Å². The fourth-order valence-electron chi connectivity index (χ4n) is 11.9. The summed E-state index contributed by atoms with van der Waals surface area (Å²) in [6.07, 6.45) is 86.8. The Morgan fingerprint density at radius 2 is 0.402 bits per heavy atom. The summed E-state index contributed by atoms with van der Waals surface area (Å²) in [6.45, 7) is 6.75. The lowest BCUT2D eigenvalue weighted by molar-refractivity contribution is -0.167. The van der Waals surface area contributed by atoms with E-state index in [4.69, 9.17) is 14.2 Å². The van der Waals surface area contributed by atoms with Gasteiger partial charge in [-0.1, -0.05) is 386 Å². The maximum absolute atomic E-state index is 13.0. The number of allylic oxidation sites excluding steroid dienone is 2. The van der Waals surface area contributed by atoms with E-state index in [1.807, 2.05) is 0 Å². The van der Waals surface area contributed by atoms with Gasteiger partial charge in [0.05, 0.1) is 0 Å². The molecule has 486 valence electrons. The van der Waals surface area contributed by atoms with Crippen LogP contribution in [0.2, 0.25) is 0 Å². The normalized spacial score (nSPS) is 12.0. The fourth-order valence-corrected chi connectivity index (χ4v) is 11.9. The lowest BCUT2D eigenvalue weighted by atomic mass is 10.0. The van der Waals surface area contributed by atoms with Crippen LogP contribution in [0.25, 0.3) is 0 Å². The number of hydrogen-bond acceptors (Lipinski definition) is 6. The van der Waals surface area contributed by atoms with E-state index in [0.717, 1.165) is 57.8 Å². The number of rotatable bonds is 71. The van der Waals surface area contributed by atoms with Gasteiger partial charge in [0, 0.05) is 19.3 Å². The lowest BCUT2D eigenvalue weighted by Crippen LogP contribution is -2.30. The molecule has 0 fully saturated rings. The second-order valence-corrected chi connectivity index (χ2v) is 25.9. The Hall–Kier alpha value is -1.85. The van der Waals surface area contributed by atoms with Gasteiger partial charge in [0.2, 0.25) is 0 Å². The summed E-state index contributed by atoms with van der Waals surface area (Å²) < 4.78 is 17.1. The van der Waals surface area contributed by atoms with Crippen LogP contribution in [0.5, 0.6) is 0 Å². The molecule has 0 aliphatic rings. The molecular formula is C76H146O6. The van der Waals surface area contributed by atoms with Gasteiger partial charge in [-0.2, -0.15) is 0 Å². The van der Waals surface area contributed by atoms with Crippen molar-refractivity contribution in [1.29, 1.82) is 0 Å². The van der Waals surface area contributed by atoms with Gasteiger partial charge >= 0.3 is 17.9 Å². The van der Waals surface area contributed by atoms with Crippen molar-refractivity contribution >= 4 is 17.9 Å². The summed E-state index contributed by atoms with van der Waals surface area (Å²) in [6, 6.07) is 0. The van der Waals surface area contributed by atoms with E-state index in [-0.39, 0.29) is 31.1 Å². The molecule has 6 heteroatoms. The van der Waals surface area contributed by atoms with Crippen LogP contribution < -0.4 is 0 Å². The molecule has 1 atom stereocenters. The van der Waals surface area contributed by atoms with Crippen molar-refractivity contribution in [3.8, 4) is 0 Å². The van der Waals surface area contributed by atoms with Crippen LogP contribution in [-0.2, 0) is 28.6 Å². The second kappa shape index (κ2) is 71.6. The molecule has 6 nitrogen and oxygen atoms in total. The lowest BCUT2D eigenvalue weighted by Gasteiger charge is -2.18. The maximum Gasteiger partial charge on any atom is 0.306 e. The fraction of sp³-hybridized carbons (Fsp3) is 0.934. The number of hydrogen-bond donors (Lipinski definition) is 0. The van der Waals surface area contributed by atoms with Crippen molar-refractivity contribution < 1.29 is 28.6 Å². The number of esters is 3. The molecular weight excluding hydrogens is 1010 g/mol. The van der Waals surface area contributed by atoms with E-state index in [9.17, 15) is 14.4 Å². The second-order valence-electron chi connectivity index (χ2n) is 25.9. The van der Waals surface area contributed by atoms with E-state index in [1.165, 1.54) is 340 Å². The molecule has 0 radical (unpaired) electrons. The van der Waals surface area contributed by atoms with E-state index >= 15 is 0 Å². The van der Waals surface area contributed by atoms with Crippen LogP contribution in [0.4, 0.5) is 0 Å². The van der Waals surface area contributed by atoms with Gasteiger partial charge in [-0.3, -0.25) is 14.4 Å². The van der Waals surface area contributed by atoms with Crippen LogP contribution in [0.1, 0.15) is 438 Å². The molecule has 0 saturated heterocycles. The number of carbonyl (C=O) groups excluding carboxylic acids is 3. The van der Waals surface area contributed by atoms with Gasteiger partial charge in [0.25, 0.3) is 0 Å². The minimum atomic E-state index is -0.766. The quantitative estimate of drug-likeness (QED) is 0.0261. The third-order valence-electron chi connectivity index (χ3n) is 17.5. The van der Waals surface area contributed by atoms with Crippen LogP contribution in [0.15, 0.2) is 12.2 Å². The van der Waals surface area contributed by atoms with Gasteiger partial charge in [-0.15, -0.1) is 0 Å². The third-order valence-corrected chi connectivity index (χ3v) is 17.5. The zero-order valence-corrected chi connectivity index (χ0v) is 56.1. The average molecular weight is 1160 g/mol. The summed E-state index contributed by atoms with van der Waals surface area (Å²) in [5, 5.41) is 0. The highest BCUT2D eigenvalue weighted by Crippen LogP contribution is 2.20. The Balaban J connectivity index is 4.23. The molecule has 82 heavy (non-hydrogen) atoms. The van der Waals surface area contributed by atoms with Crippen LogP contribution >= 0.6 is 0 Å². The topological polar surface area (TPSA) is 78.9 Å². The zero-order chi connectivity index (χ0) is 59.2. The smallest absolute Gasteiger partial charge is 0.306 e. The molecule has 0 rings (SSSR count). The third kappa shape index (κ3) is 68.9. The summed E-state index contributed by atoms with van der Waals surface area (Å²) >= 11 is 0. The summed E-state index contributed by atoms with van der Waals surface area (Å²) in [7, 11) is 0. The van der Waals surface area contributed by atoms with Crippen molar-refractivity contribution in [2.24, 2.45) is 0 Å². The SMILES string of the molecule is CCCCCCCCCC/C=C\CCCCCCCCCCCCCCCCCC(=O)OCC(COC(=O)CCCCCCCCCCCCCCCCCCCC)OC(=O)CCCCCCCCCCCCCCCCCCCCC. The molecule has 0 saturated carbocycles. The summed E-state index contributed by atoms with van der Waals surface area (Å²) in [5.41, 5.74) is 0. The molecule has 0 aromatic heterocycles. The average Bonchev–Trinajstić information content (AvgIpc) is 3.47. The van der Waals surface area contributed by atoms with Crippen molar-refractivity contribution in [2.75, 3.05) is 13.2 Å². The van der Waals surface area contributed by atoms with Crippen molar-refractivity contribution in [2.45, 2.75) is 444 Å². The predicted molar refractivity (Wildman–Crippen MR) is 358 cm³/mol. The molecule has 0 N–H and O–H groups in total. The molecule has 0 amide bonds. The largest absolute Gasteiger partial charge is 0.462 e. The highest BCUT2D eigenvalue weighted by molar-refractivity contribution is 5.71. The highest BCUT2D eigenvalue weighted by atomic mass is 16.6. The number of unbranched alkanes of at least 4 members (excludes halogenated alkanes) is 58. The monoisotopic (exact) mass is 1160 g/mol. The number of ether oxygens (including phenoxy) is 3. The molecule has 0 aliphatic heterocycles. The molecule has 0 aromatic rings. The minimum absolute atomic E-state index is 0.0617. The maximum atomic E-state index is 13.0. The van der Waals surface area contributed by atoms with Gasteiger partial charge in [0.1, 0.15) is 13.2 Å². The predicted octanol–water partition coefficient (Wildman–Crippen LogP) is 26.0. The molecule has 1 unspecified atom stereocenters. The van der Waals surface area contributed by atoms with Gasteiger partial charge in [-0.05, 0) is 44.9 Å². The van der Waals surface area contributed by atoms with E-state index in [2.05, 4.69) is 32.9 Å². The van der Waals surface area contributed by atoms with E-state index in [1.54, 1.807) is 0 Å². The standard InChI is InChI=1S/C76H146O6/c1-4-7-10-13-16-19-22-25-28-31-34-35-36-37-38-39-40-41-43-45-48-51-54-57-60-63-66-69-75(78)81-72-73(71-80-74(77)68-65-62-59-56-53-50-47-44-33-30-27-24-21-18-15-12-9-6-3)82-76(79)70-67-64-61-58-55-52-49-46-42-32-29-26-23-20-17-14-11-8-5-2/h31,34,73H,4-30,32-33,35-72H2,1-3H3/b34-31-. The first kappa shape index (κ1) is 80.2. The number of carbonyl (C=O) groups is 3. The Morgan fingerprint density at radius 3 is 0.610 bits per heavy atom. The zero-order valence-electron chi connectivity index (χ0n) is 56.1. The molecule has 0 bridgehead atoms. The summed E-state index contributed by atoms with van der Waals surface area (Å²) in [5.74, 6) is -0.820. The van der Waals surface area contributed by atoms with Crippen molar-refractivity contribution in [1.82, 2.24) is 0 Å². The Morgan fingerprint density at radius 1 is 0.232 bits per heavy atom. The van der Waals surface area contributed by atoms with Crippen LogP contribution in [0.3, 0.4) is 0 Å². The summed E-state index contributed by atoms with van der Waals surface area (Å²) in [4.78, 5) is 38.5. The molecule has 0 spiro atoms. The molecule has 0 aliphatic carbocycles. The van der Waals surface area contributed by atoms with Gasteiger partial charge in [0.15, 0.2) is 6.10 Å². The van der Waals surface area contributed by atoms with Crippen molar-refractivity contribution in [3.05, 3.63) is 12.2 Å². The first-order valence-corrected chi connectivity index (χ1v) is 37.7. The molecule has 0 heterocycles. The Labute approximate surface area is 513 Å². The minimum Gasteiger partial charge on any atom is -0.462 e. The Kier molecular flexibility index (Phi) is 70.0. The highest BCUT2D eigenvalue weighted by Gasteiger charge is 2.20. The first-order valence-electron chi connectivity index (χ1n) is 37.7. The van der Waals surface area contributed by atoms with Gasteiger partial charge in [-0.25, -0.2) is 0 Å². The van der Waals surface area contributed by atoms with E-state index < -0.39 is 6.10 Å². The van der Waals surface area contributed by atoms with Crippen LogP contribution in [0, 0.1) is 0 Å². The van der Waals surface area contributed by atoms with Crippen LogP contribution in [-0.4, -0.2) is 37.2 Å². The van der Waals surface area contributed by atoms with Crippen molar-refractivity contribution in [3.63, 3.8) is 0 Å².